The molecule has 0 unspecified atom stereocenters. The summed E-state index contributed by atoms with van der Waals surface area (Å²) in [7, 11) is 0. The first kappa shape index (κ1) is 15.8. The Kier molecular flexibility index (Phi) is 3.58. The van der Waals surface area contributed by atoms with Crippen LogP contribution in [0.4, 0.5) is 11.4 Å². The number of benzene rings is 1. The van der Waals surface area contributed by atoms with Crippen LogP contribution in [-0.2, 0) is 9.59 Å². The van der Waals surface area contributed by atoms with Gasteiger partial charge in [-0.3, -0.25) is 9.59 Å². The van der Waals surface area contributed by atoms with Gasteiger partial charge in [-0.05, 0) is 48.4 Å². The Morgan fingerprint density at radius 2 is 1.78 bits per heavy atom. The summed E-state index contributed by atoms with van der Waals surface area (Å²) in [5.41, 5.74) is 2.41. The molecule has 0 aliphatic heterocycles. The fraction of sp³-hybridized carbons (Fsp3) is 0.474. The normalized spacial score (nSPS) is 29.8. The largest absolute Gasteiger partial charge is 0.361 e. The van der Waals surface area contributed by atoms with Crippen LogP contribution in [0, 0.1) is 16.7 Å². The molecule has 4 nitrogen and oxygen atoms in total. The summed E-state index contributed by atoms with van der Waals surface area (Å²) in [5, 5.41) is 5.98. The van der Waals surface area contributed by atoms with Gasteiger partial charge in [-0.1, -0.05) is 20.8 Å². The Bertz CT molecular complexity index is 688. The van der Waals surface area contributed by atoms with Crippen LogP contribution in [-0.4, -0.2) is 11.7 Å². The van der Waals surface area contributed by atoms with Crippen molar-refractivity contribution in [2.45, 2.75) is 40.5 Å². The van der Waals surface area contributed by atoms with E-state index < -0.39 is 0 Å². The van der Waals surface area contributed by atoms with E-state index in [-0.39, 0.29) is 16.7 Å². The molecule has 0 aromatic heterocycles. The van der Waals surface area contributed by atoms with Gasteiger partial charge in [0.2, 0.25) is 5.91 Å². The van der Waals surface area contributed by atoms with Crippen LogP contribution in [0.1, 0.15) is 40.5 Å². The van der Waals surface area contributed by atoms with Gasteiger partial charge in [-0.15, -0.1) is 0 Å². The lowest BCUT2D eigenvalue weighted by molar-refractivity contribution is -0.125. The fourth-order valence-electron chi connectivity index (χ4n) is 4.11. The number of allylic oxidation sites excluding steroid dienone is 1. The van der Waals surface area contributed by atoms with Gasteiger partial charge in [0.05, 0.1) is 0 Å². The van der Waals surface area contributed by atoms with E-state index in [0.29, 0.717) is 11.7 Å². The third kappa shape index (κ3) is 2.37. The van der Waals surface area contributed by atoms with Crippen molar-refractivity contribution in [3.8, 4) is 0 Å². The van der Waals surface area contributed by atoms with Crippen LogP contribution in [0.25, 0.3) is 0 Å². The van der Waals surface area contributed by atoms with Crippen molar-refractivity contribution >= 4 is 23.1 Å². The van der Waals surface area contributed by atoms with Crippen LogP contribution >= 0.6 is 0 Å². The molecule has 4 heteroatoms. The second-order valence-corrected chi connectivity index (χ2v) is 7.48. The summed E-state index contributed by atoms with van der Waals surface area (Å²) in [6.45, 7) is 8.02. The first-order valence-electron chi connectivity index (χ1n) is 8.15. The molecule has 1 amide bonds. The maximum absolute atomic E-state index is 12.7. The molecule has 2 fully saturated rings. The molecule has 2 bridgehead atoms. The number of carbonyl (C=O) groups is 2. The Labute approximate surface area is 137 Å². The van der Waals surface area contributed by atoms with E-state index in [0.717, 1.165) is 29.8 Å². The first-order valence-corrected chi connectivity index (χ1v) is 8.15. The topological polar surface area (TPSA) is 58.2 Å². The van der Waals surface area contributed by atoms with Crippen LogP contribution in [0.5, 0.6) is 0 Å². The van der Waals surface area contributed by atoms with Crippen molar-refractivity contribution in [3.63, 3.8) is 0 Å². The lowest BCUT2D eigenvalue weighted by Gasteiger charge is -2.31. The number of ketones is 1. The number of fused-ring (bicyclic) bond motifs is 2. The maximum Gasteiger partial charge on any atom is 0.221 e. The summed E-state index contributed by atoms with van der Waals surface area (Å²) < 4.78 is 0. The summed E-state index contributed by atoms with van der Waals surface area (Å²) in [6.07, 6.45) is 3.96. The number of nitrogens with one attached hydrogen (secondary N) is 2. The standard InChI is InChI=1S/C19H24N2O2/c1-12(22)21-14-7-5-13(6-8-14)20-11-15-16-9-10-19(4,17(15)23)18(16,2)3/h5-8,11,16,20H,9-10H2,1-4H3,(H,21,22)/b15-11+/t16-,19+/m1/s1. The van der Waals surface area contributed by atoms with Crippen molar-refractivity contribution in [2.24, 2.45) is 16.7 Å². The van der Waals surface area contributed by atoms with Gasteiger partial charge in [0, 0.05) is 35.5 Å². The Balaban J connectivity index is 1.76. The molecule has 2 saturated carbocycles. The molecule has 3 rings (SSSR count). The summed E-state index contributed by atoms with van der Waals surface area (Å²) in [4.78, 5) is 23.8. The Morgan fingerprint density at radius 3 is 2.30 bits per heavy atom. The van der Waals surface area contributed by atoms with Crippen LogP contribution in [0.15, 0.2) is 36.0 Å². The van der Waals surface area contributed by atoms with Gasteiger partial charge >= 0.3 is 0 Å². The third-order valence-electron chi connectivity index (χ3n) is 5.96. The first-order chi connectivity index (χ1) is 10.8. The van der Waals surface area contributed by atoms with Crippen molar-refractivity contribution < 1.29 is 9.59 Å². The minimum absolute atomic E-state index is 0.0346. The van der Waals surface area contributed by atoms with Crippen molar-refractivity contribution in [3.05, 3.63) is 36.0 Å². The minimum Gasteiger partial charge on any atom is -0.361 e. The van der Waals surface area contributed by atoms with Gasteiger partial charge in [0.1, 0.15) is 0 Å². The van der Waals surface area contributed by atoms with Crippen LogP contribution < -0.4 is 10.6 Å². The molecule has 122 valence electrons. The van der Waals surface area contributed by atoms with E-state index in [1.165, 1.54) is 6.92 Å². The molecule has 2 aliphatic rings. The van der Waals surface area contributed by atoms with Gasteiger partial charge in [0.15, 0.2) is 5.78 Å². The summed E-state index contributed by atoms with van der Waals surface area (Å²) >= 11 is 0. The van der Waals surface area contributed by atoms with Gasteiger partial charge in [0.25, 0.3) is 0 Å². The van der Waals surface area contributed by atoms with Gasteiger partial charge in [-0.25, -0.2) is 0 Å². The molecule has 0 heterocycles. The van der Waals surface area contributed by atoms with Gasteiger partial charge in [-0.2, -0.15) is 0 Å². The predicted octanol–water partition coefficient (Wildman–Crippen LogP) is 3.97. The molecule has 1 aromatic carbocycles. The molecular formula is C19H24N2O2. The number of hydrogen-bond acceptors (Lipinski definition) is 3. The summed E-state index contributed by atoms with van der Waals surface area (Å²) in [5.74, 6) is 0.545. The third-order valence-corrected chi connectivity index (χ3v) is 5.96. The van der Waals surface area contributed by atoms with Crippen LogP contribution in [0.3, 0.4) is 0 Å². The van der Waals surface area contributed by atoms with Crippen molar-refractivity contribution in [2.75, 3.05) is 10.6 Å². The summed E-state index contributed by atoms with van der Waals surface area (Å²) in [6, 6.07) is 7.48. The van der Waals surface area contributed by atoms with E-state index in [4.69, 9.17) is 0 Å². The highest BCUT2D eigenvalue weighted by molar-refractivity contribution is 6.04. The highest BCUT2D eigenvalue weighted by Crippen LogP contribution is 2.65. The maximum atomic E-state index is 12.7. The van der Waals surface area contributed by atoms with Crippen molar-refractivity contribution in [1.82, 2.24) is 0 Å². The zero-order chi connectivity index (χ0) is 16.8. The molecule has 1 aromatic rings. The zero-order valence-electron chi connectivity index (χ0n) is 14.2. The lowest BCUT2D eigenvalue weighted by Crippen LogP contribution is -2.32. The van der Waals surface area contributed by atoms with E-state index in [1.54, 1.807) is 0 Å². The molecule has 0 saturated heterocycles. The fourth-order valence-corrected chi connectivity index (χ4v) is 4.11. The highest BCUT2D eigenvalue weighted by atomic mass is 16.1. The number of hydrogen-bond donors (Lipinski definition) is 2. The van der Waals surface area contributed by atoms with Gasteiger partial charge < -0.3 is 10.6 Å². The second-order valence-electron chi connectivity index (χ2n) is 7.48. The zero-order valence-corrected chi connectivity index (χ0v) is 14.2. The van der Waals surface area contributed by atoms with Crippen molar-refractivity contribution in [1.29, 1.82) is 0 Å². The number of rotatable bonds is 3. The number of anilines is 2. The van der Waals surface area contributed by atoms with E-state index in [1.807, 2.05) is 30.5 Å². The average molecular weight is 312 g/mol. The molecular weight excluding hydrogens is 288 g/mol. The molecule has 0 radical (unpaired) electrons. The Morgan fingerprint density at radius 1 is 1.17 bits per heavy atom. The average Bonchev–Trinajstić information content (AvgIpc) is 2.79. The quantitative estimate of drug-likeness (QED) is 0.830. The smallest absolute Gasteiger partial charge is 0.221 e. The number of Topliss-reactive ketones (excluding diaryl/α,β-unsaturated/α-hetero) is 1. The number of amides is 1. The molecule has 2 atom stereocenters. The number of carbonyl (C=O) groups excluding carboxylic acids is 2. The molecule has 0 spiro atoms. The lowest BCUT2D eigenvalue weighted by atomic mass is 9.70. The van der Waals surface area contributed by atoms with Crippen LogP contribution in [0.2, 0.25) is 0 Å². The molecule has 2 aliphatic carbocycles. The highest BCUT2D eigenvalue weighted by Gasteiger charge is 2.63. The van der Waals surface area contributed by atoms with E-state index in [9.17, 15) is 9.59 Å². The SMILES string of the molecule is CC(=O)Nc1ccc(N/C=C2/C(=O)[C@]3(C)CC[C@H]2C3(C)C)cc1. The molecule has 23 heavy (non-hydrogen) atoms. The predicted molar refractivity (Wildman–Crippen MR) is 92.1 cm³/mol. The monoisotopic (exact) mass is 312 g/mol. The molecule has 2 N–H and O–H groups in total. The second kappa shape index (κ2) is 5.22. The van der Waals surface area contributed by atoms with E-state index in [2.05, 4.69) is 31.4 Å². The Hall–Kier alpha value is -2.10. The van der Waals surface area contributed by atoms with E-state index >= 15 is 0 Å². The minimum atomic E-state index is -0.222.